The van der Waals surface area contributed by atoms with Crippen LogP contribution in [0.5, 0.6) is 0 Å². The number of rotatable bonds is 5. The van der Waals surface area contributed by atoms with Crippen LogP contribution in [0.3, 0.4) is 0 Å². The third-order valence-electron chi connectivity index (χ3n) is 3.18. The Morgan fingerprint density at radius 1 is 1.59 bits per heavy atom. The normalized spacial score (nSPS) is 16.8. The highest BCUT2D eigenvalue weighted by Crippen LogP contribution is 2.32. The molecule has 1 N–H and O–H groups in total. The van der Waals surface area contributed by atoms with Crippen molar-refractivity contribution in [3.8, 4) is 0 Å². The van der Waals surface area contributed by atoms with Gasteiger partial charge in [0, 0.05) is 28.7 Å². The van der Waals surface area contributed by atoms with Crippen molar-refractivity contribution >= 4 is 21.6 Å². The van der Waals surface area contributed by atoms with E-state index in [2.05, 4.69) is 28.2 Å². The smallest absolute Gasteiger partial charge is 0.273 e. The lowest BCUT2D eigenvalue weighted by atomic mass is 10.1. The number of nitrogens with one attached hydrogen (secondary N) is 1. The Balaban J connectivity index is 2.07. The van der Waals surface area contributed by atoms with E-state index in [1.807, 2.05) is 6.07 Å². The maximum absolute atomic E-state index is 10.9. The van der Waals surface area contributed by atoms with Crippen LogP contribution in [0.25, 0.3) is 0 Å². The molecule has 0 radical (unpaired) electrons. The maximum Gasteiger partial charge on any atom is 0.273 e. The number of hydrogen-bond donors (Lipinski definition) is 1. The standard InChI is InChI=1S/C12H15BrN2O2/c1-8(9-2-3-9)14-7-10-6-11(13)4-5-12(10)15(16)17/h4-6,8-9,14H,2-3,7H2,1H3. The number of nitro benzene ring substituents is 1. The third kappa shape index (κ3) is 3.26. The second kappa shape index (κ2) is 5.14. The molecule has 5 heteroatoms. The Labute approximate surface area is 109 Å². The molecule has 17 heavy (non-hydrogen) atoms. The molecule has 1 fully saturated rings. The Morgan fingerprint density at radius 2 is 2.29 bits per heavy atom. The molecular formula is C12H15BrN2O2. The summed E-state index contributed by atoms with van der Waals surface area (Å²) in [6.07, 6.45) is 2.55. The summed E-state index contributed by atoms with van der Waals surface area (Å²) in [7, 11) is 0. The summed E-state index contributed by atoms with van der Waals surface area (Å²) in [5, 5.41) is 14.2. The molecule has 92 valence electrons. The molecule has 1 aromatic rings. The van der Waals surface area contributed by atoms with Gasteiger partial charge >= 0.3 is 0 Å². The average molecular weight is 299 g/mol. The molecule has 1 unspecified atom stereocenters. The predicted molar refractivity (Wildman–Crippen MR) is 69.8 cm³/mol. The highest BCUT2D eigenvalue weighted by atomic mass is 79.9. The number of nitro groups is 1. The van der Waals surface area contributed by atoms with Crippen molar-refractivity contribution in [1.82, 2.24) is 5.32 Å². The molecule has 0 heterocycles. The highest BCUT2D eigenvalue weighted by molar-refractivity contribution is 9.10. The van der Waals surface area contributed by atoms with Crippen LogP contribution in [0.1, 0.15) is 25.3 Å². The van der Waals surface area contributed by atoms with E-state index >= 15 is 0 Å². The van der Waals surface area contributed by atoms with Gasteiger partial charge in [-0.15, -0.1) is 0 Å². The van der Waals surface area contributed by atoms with Crippen LogP contribution in [0.2, 0.25) is 0 Å². The molecule has 1 aliphatic carbocycles. The van der Waals surface area contributed by atoms with Crippen molar-refractivity contribution in [3.05, 3.63) is 38.3 Å². The van der Waals surface area contributed by atoms with Crippen LogP contribution in [0.15, 0.2) is 22.7 Å². The van der Waals surface area contributed by atoms with Gasteiger partial charge in [-0.05, 0) is 37.8 Å². The van der Waals surface area contributed by atoms with Gasteiger partial charge in [-0.25, -0.2) is 0 Å². The minimum Gasteiger partial charge on any atom is -0.310 e. The van der Waals surface area contributed by atoms with Crippen molar-refractivity contribution in [3.63, 3.8) is 0 Å². The zero-order valence-corrected chi connectivity index (χ0v) is 11.2. The van der Waals surface area contributed by atoms with Crippen LogP contribution in [0, 0.1) is 16.0 Å². The molecule has 4 nitrogen and oxygen atoms in total. The molecule has 1 aliphatic rings. The predicted octanol–water partition coefficient (Wildman–Crippen LogP) is 3.25. The molecule has 1 aromatic carbocycles. The average Bonchev–Trinajstić information content (AvgIpc) is 3.09. The van der Waals surface area contributed by atoms with Crippen LogP contribution in [-0.4, -0.2) is 11.0 Å². The first-order valence-electron chi connectivity index (χ1n) is 5.74. The molecule has 2 rings (SSSR count). The largest absolute Gasteiger partial charge is 0.310 e. The Bertz CT molecular complexity index is 433. The van der Waals surface area contributed by atoms with E-state index in [9.17, 15) is 10.1 Å². The van der Waals surface area contributed by atoms with Crippen molar-refractivity contribution in [2.45, 2.75) is 32.4 Å². The molecular weight excluding hydrogens is 284 g/mol. The molecule has 1 saturated carbocycles. The first-order valence-corrected chi connectivity index (χ1v) is 6.53. The SMILES string of the molecule is CC(NCc1cc(Br)ccc1[N+](=O)[O-])C1CC1. The Hall–Kier alpha value is -0.940. The first-order chi connectivity index (χ1) is 8.08. The fraction of sp³-hybridized carbons (Fsp3) is 0.500. The lowest BCUT2D eigenvalue weighted by Crippen LogP contribution is -2.27. The van der Waals surface area contributed by atoms with E-state index < -0.39 is 0 Å². The number of hydrogen-bond acceptors (Lipinski definition) is 3. The third-order valence-corrected chi connectivity index (χ3v) is 3.68. The van der Waals surface area contributed by atoms with Gasteiger partial charge in [-0.3, -0.25) is 10.1 Å². The quantitative estimate of drug-likeness (QED) is 0.670. The summed E-state index contributed by atoms with van der Waals surface area (Å²) in [4.78, 5) is 10.6. The monoisotopic (exact) mass is 298 g/mol. The molecule has 1 atom stereocenters. The van der Waals surface area contributed by atoms with Gasteiger partial charge in [0.2, 0.25) is 0 Å². The minimum absolute atomic E-state index is 0.184. The zero-order valence-electron chi connectivity index (χ0n) is 9.65. The summed E-state index contributed by atoms with van der Waals surface area (Å²) in [6.45, 7) is 2.69. The molecule has 0 spiro atoms. The molecule has 0 bridgehead atoms. The van der Waals surface area contributed by atoms with Gasteiger partial charge < -0.3 is 5.32 Å². The van der Waals surface area contributed by atoms with E-state index in [4.69, 9.17) is 0 Å². The van der Waals surface area contributed by atoms with Crippen molar-refractivity contribution in [2.75, 3.05) is 0 Å². The van der Waals surface area contributed by atoms with Crippen molar-refractivity contribution < 1.29 is 4.92 Å². The van der Waals surface area contributed by atoms with Gasteiger partial charge in [0.15, 0.2) is 0 Å². The Morgan fingerprint density at radius 3 is 2.88 bits per heavy atom. The summed E-state index contributed by atoms with van der Waals surface area (Å²) in [6, 6.07) is 5.49. The molecule has 0 saturated heterocycles. The fourth-order valence-electron chi connectivity index (χ4n) is 1.91. The van der Waals surface area contributed by atoms with E-state index in [1.54, 1.807) is 12.1 Å². The van der Waals surface area contributed by atoms with Gasteiger partial charge in [-0.2, -0.15) is 0 Å². The summed E-state index contributed by atoms with van der Waals surface area (Å²) in [5.74, 6) is 0.751. The second-order valence-electron chi connectivity index (χ2n) is 4.54. The topological polar surface area (TPSA) is 55.2 Å². The highest BCUT2D eigenvalue weighted by Gasteiger charge is 2.27. The van der Waals surface area contributed by atoms with E-state index in [0.717, 1.165) is 16.0 Å². The van der Waals surface area contributed by atoms with Gasteiger partial charge in [0.1, 0.15) is 0 Å². The molecule has 0 aliphatic heterocycles. The first kappa shape index (κ1) is 12.5. The minimum atomic E-state index is -0.328. The van der Waals surface area contributed by atoms with Crippen LogP contribution >= 0.6 is 15.9 Å². The van der Waals surface area contributed by atoms with Gasteiger partial charge in [0.25, 0.3) is 5.69 Å². The van der Waals surface area contributed by atoms with E-state index in [0.29, 0.717) is 12.6 Å². The fourth-order valence-corrected chi connectivity index (χ4v) is 2.32. The zero-order chi connectivity index (χ0) is 12.4. The lowest BCUT2D eigenvalue weighted by molar-refractivity contribution is -0.385. The van der Waals surface area contributed by atoms with E-state index in [-0.39, 0.29) is 10.6 Å². The second-order valence-corrected chi connectivity index (χ2v) is 5.45. The van der Waals surface area contributed by atoms with Crippen molar-refractivity contribution in [1.29, 1.82) is 0 Å². The number of nitrogens with zero attached hydrogens (tertiary/aromatic N) is 1. The summed E-state index contributed by atoms with van der Waals surface area (Å²) < 4.78 is 0.874. The van der Waals surface area contributed by atoms with Crippen LogP contribution in [-0.2, 0) is 6.54 Å². The van der Waals surface area contributed by atoms with Crippen molar-refractivity contribution in [2.24, 2.45) is 5.92 Å². The molecule has 0 amide bonds. The Kier molecular flexibility index (Phi) is 3.79. The molecule has 0 aromatic heterocycles. The van der Waals surface area contributed by atoms with Gasteiger partial charge in [0.05, 0.1) is 4.92 Å². The maximum atomic E-state index is 10.9. The van der Waals surface area contributed by atoms with Gasteiger partial charge in [-0.1, -0.05) is 15.9 Å². The lowest BCUT2D eigenvalue weighted by Gasteiger charge is -2.12. The number of benzene rings is 1. The van der Waals surface area contributed by atoms with E-state index in [1.165, 1.54) is 12.8 Å². The summed E-state index contributed by atoms with van der Waals surface area (Å²) in [5.41, 5.74) is 0.917. The number of halogens is 1. The van der Waals surface area contributed by atoms with Crippen LogP contribution in [0.4, 0.5) is 5.69 Å². The van der Waals surface area contributed by atoms with Crippen LogP contribution < -0.4 is 5.32 Å². The summed E-state index contributed by atoms with van der Waals surface area (Å²) >= 11 is 3.34.